The van der Waals surface area contributed by atoms with Crippen LogP contribution in [0.5, 0.6) is 0 Å². The summed E-state index contributed by atoms with van der Waals surface area (Å²) in [4.78, 5) is 12.0. The number of rotatable bonds is 4. The Morgan fingerprint density at radius 3 is 2.78 bits per heavy atom. The normalized spacial score (nSPS) is 10.9. The van der Waals surface area contributed by atoms with E-state index in [0.717, 1.165) is 12.1 Å². The zero-order valence-electron chi connectivity index (χ0n) is 10.0. The fourth-order valence-corrected chi connectivity index (χ4v) is 2.38. The van der Waals surface area contributed by atoms with E-state index in [1.807, 2.05) is 6.92 Å². The molecule has 0 aliphatic heterocycles. The van der Waals surface area contributed by atoms with Crippen molar-refractivity contribution in [3.8, 4) is 0 Å². The minimum Gasteiger partial charge on any atom is -0.446 e. The van der Waals surface area contributed by atoms with E-state index in [1.54, 1.807) is 23.9 Å². The van der Waals surface area contributed by atoms with E-state index in [2.05, 4.69) is 21.0 Å². The molecule has 6 heteroatoms. The number of hydrogen-bond acceptors (Lipinski definition) is 3. The molecular formula is C12H12BrClN2O2. The first-order valence-corrected chi connectivity index (χ1v) is 6.68. The van der Waals surface area contributed by atoms with E-state index in [0.29, 0.717) is 21.1 Å². The molecule has 0 radical (unpaired) electrons. The Kier molecular flexibility index (Phi) is 3.92. The maximum absolute atomic E-state index is 12.0. The first kappa shape index (κ1) is 13.4. The van der Waals surface area contributed by atoms with Crippen molar-refractivity contribution in [2.45, 2.75) is 19.8 Å². The number of nitrogens with zero attached hydrogens (tertiary/aromatic N) is 2. The molecule has 2 rings (SSSR count). The zero-order chi connectivity index (χ0) is 13.3. The van der Waals surface area contributed by atoms with Crippen molar-refractivity contribution in [3.63, 3.8) is 0 Å². The molecule has 0 fully saturated rings. The predicted octanol–water partition coefficient (Wildman–Crippen LogP) is 3.42. The molecule has 18 heavy (non-hydrogen) atoms. The lowest BCUT2D eigenvalue weighted by Crippen LogP contribution is -2.07. The number of halogens is 2. The summed E-state index contributed by atoms with van der Waals surface area (Å²) in [6.07, 6.45) is 0.926. The lowest BCUT2D eigenvalue weighted by molar-refractivity contribution is 0.0963. The summed E-state index contributed by atoms with van der Waals surface area (Å²) in [7, 11) is 1.78. The van der Waals surface area contributed by atoms with Crippen LogP contribution in [-0.2, 0) is 19.9 Å². The monoisotopic (exact) mass is 330 g/mol. The summed E-state index contributed by atoms with van der Waals surface area (Å²) in [5, 5.41) is 4.84. The molecule has 0 unspecified atom stereocenters. The van der Waals surface area contributed by atoms with E-state index in [9.17, 15) is 4.79 Å². The number of ketones is 1. The Morgan fingerprint density at radius 2 is 2.28 bits per heavy atom. The molecule has 0 spiro atoms. The molecule has 2 aromatic heterocycles. The molecule has 0 atom stereocenters. The van der Waals surface area contributed by atoms with Crippen LogP contribution in [0, 0.1) is 0 Å². The molecular weight excluding hydrogens is 320 g/mol. The number of carbonyl (C=O) groups is 1. The van der Waals surface area contributed by atoms with Gasteiger partial charge in [0.25, 0.3) is 0 Å². The Bertz CT molecular complexity index is 589. The Morgan fingerprint density at radius 1 is 1.56 bits per heavy atom. The van der Waals surface area contributed by atoms with Crippen LogP contribution in [0.25, 0.3) is 0 Å². The quantitative estimate of drug-likeness (QED) is 0.807. The van der Waals surface area contributed by atoms with Gasteiger partial charge in [-0.15, -0.1) is 0 Å². The third kappa shape index (κ3) is 2.52. The molecule has 0 N–H and O–H groups in total. The lowest BCUT2D eigenvalue weighted by atomic mass is 10.1. The largest absolute Gasteiger partial charge is 0.446 e. The summed E-state index contributed by atoms with van der Waals surface area (Å²) >= 11 is 9.36. The zero-order valence-corrected chi connectivity index (χ0v) is 12.4. The van der Waals surface area contributed by atoms with E-state index in [1.165, 1.54) is 0 Å². The summed E-state index contributed by atoms with van der Waals surface area (Å²) in [6, 6.07) is 3.33. The van der Waals surface area contributed by atoms with Crippen LogP contribution < -0.4 is 0 Å². The average molecular weight is 332 g/mol. The van der Waals surface area contributed by atoms with Gasteiger partial charge in [-0.3, -0.25) is 9.48 Å². The lowest BCUT2D eigenvalue weighted by Gasteiger charge is -2.00. The number of hydrogen-bond donors (Lipinski definition) is 0. The van der Waals surface area contributed by atoms with E-state index < -0.39 is 0 Å². The van der Waals surface area contributed by atoms with Gasteiger partial charge in [0.2, 0.25) is 5.78 Å². The van der Waals surface area contributed by atoms with Gasteiger partial charge in [-0.2, -0.15) is 5.10 Å². The van der Waals surface area contributed by atoms with Crippen molar-refractivity contribution in [2.24, 2.45) is 7.05 Å². The SMILES string of the molecule is CCc1nn(C)c(CC(=O)c2ccc(Br)o2)c1Cl. The molecule has 0 amide bonds. The second-order valence-corrected chi connectivity index (χ2v) is 5.05. The smallest absolute Gasteiger partial charge is 0.204 e. The fraction of sp³-hybridized carbons (Fsp3) is 0.333. The van der Waals surface area contributed by atoms with Crippen LogP contribution in [0.4, 0.5) is 0 Å². The van der Waals surface area contributed by atoms with Crippen molar-refractivity contribution in [3.05, 3.63) is 39.0 Å². The summed E-state index contributed by atoms with van der Waals surface area (Å²) in [5.74, 6) is 0.199. The first-order chi connectivity index (χ1) is 8.52. The molecule has 2 heterocycles. The third-order valence-electron chi connectivity index (χ3n) is 2.68. The van der Waals surface area contributed by atoms with E-state index in [4.69, 9.17) is 16.0 Å². The molecule has 96 valence electrons. The summed E-state index contributed by atoms with van der Waals surface area (Å²) < 4.78 is 7.41. The number of Topliss-reactive ketones (excluding diaryl/α,β-unsaturated/α-hetero) is 1. The minimum absolute atomic E-state index is 0.117. The van der Waals surface area contributed by atoms with E-state index in [-0.39, 0.29) is 12.2 Å². The van der Waals surface area contributed by atoms with Crippen molar-refractivity contribution < 1.29 is 9.21 Å². The minimum atomic E-state index is -0.117. The standard InChI is InChI=1S/C12H12BrClN2O2/c1-3-7-12(14)8(16(2)15-7)6-9(17)10-4-5-11(13)18-10/h4-5H,3,6H2,1-2H3. The van der Waals surface area contributed by atoms with Crippen LogP contribution in [0.15, 0.2) is 21.2 Å². The van der Waals surface area contributed by atoms with Crippen molar-refractivity contribution in [1.82, 2.24) is 9.78 Å². The Labute approximate surface area is 118 Å². The first-order valence-electron chi connectivity index (χ1n) is 5.51. The topological polar surface area (TPSA) is 48.0 Å². The number of aromatic nitrogens is 2. The van der Waals surface area contributed by atoms with Gasteiger partial charge in [0.1, 0.15) is 0 Å². The predicted molar refractivity (Wildman–Crippen MR) is 72.0 cm³/mol. The van der Waals surface area contributed by atoms with Gasteiger partial charge in [0.15, 0.2) is 10.4 Å². The molecule has 0 bridgehead atoms. The number of aryl methyl sites for hydroxylation is 2. The maximum atomic E-state index is 12.0. The van der Waals surface area contributed by atoms with Crippen LogP contribution >= 0.6 is 27.5 Å². The molecule has 0 saturated carbocycles. The van der Waals surface area contributed by atoms with Gasteiger partial charge in [-0.05, 0) is 34.5 Å². The highest BCUT2D eigenvalue weighted by atomic mass is 79.9. The molecule has 2 aromatic rings. The van der Waals surface area contributed by atoms with Crippen molar-refractivity contribution >= 4 is 33.3 Å². The highest BCUT2D eigenvalue weighted by molar-refractivity contribution is 9.10. The molecule has 4 nitrogen and oxygen atoms in total. The van der Waals surface area contributed by atoms with Crippen LogP contribution in [-0.4, -0.2) is 15.6 Å². The Balaban J connectivity index is 2.24. The molecule has 0 aliphatic rings. The molecule has 0 aliphatic carbocycles. The third-order valence-corrected chi connectivity index (χ3v) is 3.54. The molecule has 0 saturated heterocycles. The van der Waals surface area contributed by atoms with Crippen molar-refractivity contribution in [1.29, 1.82) is 0 Å². The van der Waals surface area contributed by atoms with Gasteiger partial charge in [0.05, 0.1) is 22.8 Å². The van der Waals surface area contributed by atoms with Crippen LogP contribution in [0.1, 0.15) is 28.9 Å². The summed E-state index contributed by atoms with van der Waals surface area (Å²) in [5.41, 5.74) is 1.52. The van der Waals surface area contributed by atoms with Gasteiger partial charge >= 0.3 is 0 Å². The highest BCUT2D eigenvalue weighted by Crippen LogP contribution is 2.23. The van der Waals surface area contributed by atoms with E-state index >= 15 is 0 Å². The second-order valence-electron chi connectivity index (χ2n) is 3.89. The van der Waals surface area contributed by atoms with Crippen molar-refractivity contribution in [2.75, 3.05) is 0 Å². The Hall–Kier alpha value is -1.07. The number of furan rings is 1. The molecule has 0 aromatic carbocycles. The number of carbonyl (C=O) groups excluding carboxylic acids is 1. The van der Waals surface area contributed by atoms with Crippen LogP contribution in [0.2, 0.25) is 5.02 Å². The maximum Gasteiger partial charge on any atom is 0.204 e. The fourth-order valence-electron chi connectivity index (χ4n) is 1.72. The van der Waals surface area contributed by atoms with Gasteiger partial charge < -0.3 is 4.42 Å². The van der Waals surface area contributed by atoms with Gasteiger partial charge in [0, 0.05) is 7.05 Å². The second kappa shape index (κ2) is 5.28. The summed E-state index contributed by atoms with van der Waals surface area (Å²) in [6.45, 7) is 1.98. The highest BCUT2D eigenvalue weighted by Gasteiger charge is 2.18. The van der Waals surface area contributed by atoms with Gasteiger partial charge in [-0.1, -0.05) is 18.5 Å². The average Bonchev–Trinajstić information content (AvgIpc) is 2.87. The van der Waals surface area contributed by atoms with Crippen LogP contribution in [0.3, 0.4) is 0 Å². The van der Waals surface area contributed by atoms with Gasteiger partial charge in [-0.25, -0.2) is 0 Å².